The van der Waals surface area contributed by atoms with Crippen LogP contribution < -0.4 is 5.32 Å². The second kappa shape index (κ2) is 9.02. The van der Waals surface area contributed by atoms with Gasteiger partial charge in [0.2, 0.25) is 0 Å². The van der Waals surface area contributed by atoms with E-state index in [4.69, 9.17) is 21.3 Å². The van der Waals surface area contributed by atoms with Crippen LogP contribution in [-0.4, -0.2) is 68.2 Å². The van der Waals surface area contributed by atoms with Crippen molar-refractivity contribution in [3.63, 3.8) is 0 Å². The monoisotopic (exact) mass is 404 g/mol. The minimum atomic E-state index is 0.293. The normalized spacial score (nSPS) is 27.1. The van der Waals surface area contributed by atoms with Gasteiger partial charge in [-0.2, -0.15) is 0 Å². The molecule has 4 rings (SSSR count). The first-order valence-corrected chi connectivity index (χ1v) is 11.2. The Labute approximate surface area is 174 Å². The van der Waals surface area contributed by atoms with E-state index in [-0.39, 0.29) is 0 Å². The summed E-state index contributed by atoms with van der Waals surface area (Å²) in [7, 11) is 0. The molecule has 5 nitrogen and oxygen atoms in total. The maximum Gasteiger partial charge on any atom is 0.194 e. The molecule has 154 valence electrons. The molecule has 0 aliphatic carbocycles. The molecule has 3 heterocycles. The topological polar surface area (TPSA) is 40.1 Å². The van der Waals surface area contributed by atoms with Crippen LogP contribution in [-0.2, 0) is 4.74 Å². The summed E-state index contributed by atoms with van der Waals surface area (Å²) in [5.74, 6) is 1.05. The van der Waals surface area contributed by atoms with Crippen molar-refractivity contribution in [3.05, 3.63) is 34.9 Å². The Morgan fingerprint density at radius 1 is 1.29 bits per heavy atom. The molecular formula is C22H33ClN4O. The molecule has 28 heavy (non-hydrogen) atoms. The summed E-state index contributed by atoms with van der Waals surface area (Å²) >= 11 is 6.29. The molecule has 0 aromatic heterocycles. The largest absolute Gasteiger partial charge is 0.381 e. The zero-order valence-corrected chi connectivity index (χ0v) is 17.8. The van der Waals surface area contributed by atoms with Crippen LogP contribution in [0.15, 0.2) is 29.3 Å². The number of likely N-dealkylation sites (tertiary alicyclic amines) is 2. The molecule has 1 spiro atoms. The highest BCUT2D eigenvalue weighted by molar-refractivity contribution is 6.30. The predicted octanol–water partition coefficient (Wildman–Crippen LogP) is 3.55. The van der Waals surface area contributed by atoms with Crippen LogP contribution in [0.3, 0.4) is 0 Å². The first-order chi connectivity index (χ1) is 13.7. The van der Waals surface area contributed by atoms with Gasteiger partial charge in [-0.1, -0.05) is 23.7 Å². The van der Waals surface area contributed by atoms with Crippen molar-refractivity contribution in [2.24, 2.45) is 10.4 Å². The molecule has 3 aliphatic rings. The molecule has 1 aromatic carbocycles. The van der Waals surface area contributed by atoms with Gasteiger partial charge < -0.3 is 15.0 Å². The molecule has 2 atom stereocenters. The van der Waals surface area contributed by atoms with E-state index < -0.39 is 0 Å². The van der Waals surface area contributed by atoms with Crippen LogP contribution in [0.25, 0.3) is 0 Å². The van der Waals surface area contributed by atoms with Crippen molar-refractivity contribution in [3.8, 4) is 0 Å². The van der Waals surface area contributed by atoms with E-state index in [0.29, 0.717) is 11.5 Å². The Morgan fingerprint density at radius 2 is 2.14 bits per heavy atom. The van der Waals surface area contributed by atoms with Crippen molar-refractivity contribution in [2.45, 2.75) is 38.6 Å². The van der Waals surface area contributed by atoms with E-state index in [1.54, 1.807) is 0 Å². The fourth-order valence-corrected chi connectivity index (χ4v) is 5.08. The zero-order chi connectivity index (χ0) is 19.4. The number of aliphatic imine (C=N–C) groups is 1. The zero-order valence-electron chi connectivity index (χ0n) is 17.0. The number of ether oxygens (including phenoxy) is 1. The third-order valence-corrected chi connectivity index (χ3v) is 6.72. The molecule has 0 amide bonds. The van der Waals surface area contributed by atoms with Crippen molar-refractivity contribution in [1.82, 2.24) is 15.1 Å². The van der Waals surface area contributed by atoms with Crippen LogP contribution >= 0.6 is 11.6 Å². The smallest absolute Gasteiger partial charge is 0.194 e. The van der Waals surface area contributed by atoms with Crippen molar-refractivity contribution >= 4 is 17.6 Å². The van der Waals surface area contributed by atoms with Gasteiger partial charge in [0.25, 0.3) is 0 Å². The molecular weight excluding hydrogens is 372 g/mol. The Morgan fingerprint density at radius 3 is 2.86 bits per heavy atom. The molecule has 1 N–H and O–H groups in total. The predicted molar refractivity (Wildman–Crippen MR) is 115 cm³/mol. The third-order valence-electron chi connectivity index (χ3n) is 6.49. The number of nitrogens with one attached hydrogen (secondary N) is 1. The second-order valence-corrected chi connectivity index (χ2v) is 8.92. The van der Waals surface area contributed by atoms with Gasteiger partial charge in [-0.3, -0.25) is 9.89 Å². The lowest BCUT2D eigenvalue weighted by Crippen LogP contribution is -2.42. The van der Waals surface area contributed by atoms with Crippen molar-refractivity contribution < 1.29 is 4.74 Å². The summed E-state index contributed by atoms with van der Waals surface area (Å²) in [6.07, 6.45) is 4.94. The number of halogens is 1. The third kappa shape index (κ3) is 4.47. The summed E-state index contributed by atoms with van der Waals surface area (Å²) in [6.45, 7) is 10.0. The maximum absolute atomic E-state index is 6.29. The standard InChI is InChI=1S/C22H33ClN4O/c1-2-24-21(27-12-8-22(16-27)9-13-28-17-22)25-15-20(26-10-3-4-11-26)18-6-5-7-19(23)14-18/h5-7,14,20H,2-4,8-13,15-17H2,1H3,(H,24,25). The highest BCUT2D eigenvalue weighted by Crippen LogP contribution is 2.38. The highest BCUT2D eigenvalue weighted by Gasteiger charge is 2.42. The van der Waals surface area contributed by atoms with Gasteiger partial charge in [0, 0.05) is 36.7 Å². The van der Waals surface area contributed by atoms with Crippen LogP contribution in [0, 0.1) is 5.41 Å². The Hall–Kier alpha value is -1.30. The first-order valence-electron chi connectivity index (χ1n) is 10.8. The van der Waals surface area contributed by atoms with E-state index >= 15 is 0 Å². The van der Waals surface area contributed by atoms with Crippen LogP contribution in [0.4, 0.5) is 0 Å². The first kappa shape index (κ1) is 20.0. The maximum atomic E-state index is 6.29. The minimum Gasteiger partial charge on any atom is -0.381 e. The van der Waals surface area contributed by atoms with Gasteiger partial charge in [0.05, 0.1) is 19.2 Å². The van der Waals surface area contributed by atoms with Gasteiger partial charge in [-0.15, -0.1) is 0 Å². The van der Waals surface area contributed by atoms with Crippen LogP contribution in [0.2, 0.25) is 5.02 Å². The Balaban J connectivity index is 1.51. The number of nitrogens with zero attached hydrogens (tertiary/aromatic N) is 3. The van der Waals surface area contributed by atoms with Gasteiger partial charge in [-0.25, -0.2) is 0 Å². The average molecular weight is 405 g/mol. The van der Waals surface area contributed by atoms with E-state index in [0.717, 1.165) is 63.5 Å². The summed E-state index contributed by atoms with van der Waals surface area (Å²) in [4.78, 5) is 10.1. The van der Waals surface area contributed by atoms with E-state index in [2.05, 4.69) is 40.2 Å². The van der Waals surface area contributed by atoms with Gasteiger partial charge in [0.15, 0.2) is 5.96 Å². The molecule has 1 aromatic rings. The van der Waals surface area contributed by atoms with Crippen molar-refractivity contribution in [2.75, 3.05) is 52.5 Å². The van der Waals surface area contributed by atoms with Crippen LogP contribution in [0.5, 0.6) is 0 Å². The fourth-order valence-electron chi connectivity index (χ4n) is 4.88. The van der Waals surface area contributed by atoms with Crippen molar-refractivity contribution in [1.29, 1.82) is 0 Å². The van der Waals surface area contributed by atoms with Crippen LogP contribution in [0.1, 0.15) is 44.2 Å². The molecule has 3 fully saturated rings. The Kier molecular flexibility index (Phi) is 6.44. The summed E-state index contributed by atoms with van der Waals surface area (Å²) in [6, 6.07) is 8.60. The lowest BCUT2D eigenvalue weighted by Gasteiger charge is -2.29. The molecule has 2 unspecified atom stereocenters. The molecule has 0 radical (unpaired) electrons. The number of hydrogen-bond acceptors (Lipinski definition) is 3. The average Bonchev–Trinajstić information content (AvgIpc) is 3.45. The summed E-state index contributed by atoms with van der Waals surface area (Å²) in [5, 5.41) is 4.34. The van der Waals surface area contributed by atoms with E-state index in [1.807, 2.05) is 6.07 Å². The second-order valence-electron chi connectivity index (χ2n) is 8.48. The van der Waals surface area contributed by atoms with Gasteiger partial charge in [0.1, 0.15) is 0 Å². The van der Waals surface area contributed by atoms with E-state index in [1.165, 1.54) is 31.2 Å². The fraction of sp³-hybridized carbons (Fsp3) is 0.682. The Bertz CT molecular complexity index is 683. The lowest BCUT2D eigenvalue weighted by molar-refractivity contribution is 0.156. The molecule has 3 aliphatic heterocycles. The summed E-state index contributed by atoms with van der Waals surface area (Å²) < 4.78 is 5.70. The molecule has 3 saturated heterocycles. The van der Waals surface area contributed by atoms with E-state index in [9.17, 15) is 0 Å². The number of guanidine groups is 1. The van der Waals surface area contributed by atoms with Gasteiger partial charge in [-0.05, 0) is 63.4 Å². The summed E-state index contributed by atoms with van der Waals surface area (Å²) in [5.41, 5.74) is 1.62. The lowest BCUT2D eigenvalue weighted by atomic mass is 9.87. The number of hydrogen-bond donors (Lipinski definition) is 1. The minimum absolute atomic E-state index is 0.293. The number of rotatable bonds is 5. The number of benzene rings is 1. The SMILES string of the molecule is CCNC(=NCC(c1cccc(Cl)c1)N1CCCC1)N1CCC2(CCOC2)C1. The quantitative estimate of drug-likeness (QED) is 0.601. The van der Waals surface area contributed by atoms with Gasteiger partial charge >= 0.3 is 0 Å². The molecule has 0 bridgehead atoms. The highest BCUT2D eigenvalue weighted by atomic mass is 35.5. The molecule has 0 saturated carbocycles. The molecule has 6 heteroatoms.